The van der Waals surface area contributed by atoms with E-state index in [9.17, 15) is 19.3 Å². The number of amides is 1. The fourth-order valence-electron chi connectivity index (χ4n) is 1.91. The Hall–Kier alpha value is -2.47. The van der Waals surface area contributed by atoms with Crippen molar-refractivity contribution in [3.05, 3.63) is 74.5 Å². The predicted molar refractivity (Wildman–Crippen MR) is 80.5 cm³/mol. The van der Waals surface area contributed by atoms with Gasteiger partial charge in [-0.05, 0) is 24.1 Å². The highest BCUT2D eigenvalue weighted by molar-refractivity contribution is 6.33. The third-order valence-corrected chi connectivity index (χ3v) is 3.35. The molecule has 0 heterocycles. The smallest absolute Gasteiger partial charge is 0.269 e. The van der Waals surface area contributed by atoms with Crippen molar-refractivity contribution in [3.63, 3.8) is 0 Å². The molecule has 22 heavy (non-hydrogen) atoms. The molecule has 0 aliphatic rings. The van der Waals surface area contributed by atoms with Crippen molar-refractivity contribution in [2.75, 3.05) is 6.54 Å². The summed E-state index contributed by atoms with van der Waals surface area (Å²) in [7, 11) is 0. The molecule has 2 aromatic rings. The summed E-state index contributed by atoms with van der Waals surface area (Å²) in [6.45, 7) is 0.265. The first-order valence-corrected chi connectivity index (χ1v) is 6.82. The second kappa shape index (κ2) is 7.00. The van der Waals surface area contributed by atoms with E-state index in [1.165, 1.54) is 24.3 Å². The molecule has 5 nitrogen and oxygen atoms in total. The third kappa shape index (κ3) is 3.79. The molecule has 2 aromatic carbocycles. The molecule has 0 saturated carbocycles. The molecule has 0 aromatic heterocycles. The van der Waals surface area contributed by atoms with Crippen LogP contribution in [0, 0.1) is 15.9 Å². The highest BCUT2D eigenvalue weighted by Crippen LogP contribution is 2.18. The number of nitro benzene ring substituents is 1. The summed E-state index contributed by atoms with van der Waals surface area (Å²) in [5.74, 6) is -1.27. The fraction of sp³-hybridized carbons (Fsp3) is 0.133. The molecular formula is C15H12ClFN2O3. The van der Waals surface area contributed by atoms with Crippen LogP contribution >= 0.6 is 11.6 Å². The van der Waals surface area contributed by atoms with Crippen LogP contribution in [0.2, 0.25) is 5.02 Å². The number of rotatable bonds is 5. The molecule has 0 fully saturated rings. The highest BCUT2D eigenvalue weighted by Gasteiger charge is 2.15. The van der Waals surface area contributed by atoms with Gasteiger partial charge in [0.25, 0.3) is 11.6 Å². The van der Waals surface area contributed by atoms with Gasteiger partial charge in [-0.2, -0.15) is 0 Å². The normalized spacial score (nSPS) is 10.3. The molecule has 0 unspecified atom stereocenters. The zero-order chi connectivity index (χ0) is 16.1. The van der Waals surface area contributed by atoms with E-state index in [0.29, 0.717) is 6.42 Å². The first kappa shape index (κ1) is 15.9. The van der Waals surface area contributed by atoms with Gasteiger partial charge in [-0.25, -0.2) is 4.39 Å². The lowest BCUT2D eigenvalue weighted by Gasteiger charge is -2.07. The number of halogens is 2. The van der Waals surface area contributed by atoms with Crippen LogP contribution in [0.3, 0.4) is 0 Å². The average Bonchev–Trinajstić information content (AvgIpc) is 2.47. The van der Waals surface area contributed by atoms with Crippen molar-refractivity contribution < 1.29 is 14.1 Å². The number of carbonyl (C=O) groups excluding carboxylic acids is 1. The van der Waals surface area contributed by atoms with Crippen LogP contribution in [0.25, 0.3) is 0 Å². The van der Waals surface area contributed by atoms with Crippen LogP contribution in [0.1, 0.15) is 15.9 Å². The molecule has 2 rings (SSSR count). The molecular weight excluding hydrogens is 311 g/mol. The summed E-state index contributed by atoms with van der Waals surface area (Å²) in [4.78, 5) is 22.0. The maximum atomic E-state index is 13.6. The topological polar surface area (TPSA) is 72.2 Å². The number of hydrogen-bond acceptors (Lipinski definition) is 3. The van der Waals surface area contributed by atoms with E-state index in [1.807, 2.05) is 0 Å². The lowest BCUT2D eigenvalue weighted by molar-refractivity contribution is -0.384. The van der Waals surface area contributed by atoms with Crippen LogP contribution in [0.5, 0.6) is 0 Å². The third-order valence-electron chi connectivity index (χ3n) is 3.04. The molecule has 7 heteroatoms. The van der Waals surface area contributed by atoms with Crippen molar-refractivity contribution in [3.8, 4) is 0 Å². The minimum atomic E-state index is -0.680. The van der Waals surface area contributed by atoms with Gasteiger partial charge in [-0.1, -0.05) is 29.8 Å². The monoisotopic (exact) mass is 322 g/mol. The maximum Gasteiger partial charge on any atom is 0.269 e. The number of nitro groups is 1. The molecule has 1 amide bonds. The predicted octanol–water partition coefficient (Wildman–Crippen LogP) is 3.36. The fourth-order valence-corrected chi connectivity index (χ4v) is 2.16. The van der Waals surface area contributed by atoms with Gasteiger partial charge in [0.15, 0.2) is 0 Å². The average molecular weight is 323 g/mol. The molecule has 0 saturated heterocycles. The van der Waals surface area contributed by atoms with Gasteiger partial charge < -0.3 is 5.32 Å². The summed E-state index contributed by atoms with van der Waals surface area (Å²) in [5, 5.41) is 13.2. The van der Waals surface area contributed by atoms with Crippen molar-refractivity contribution in [2.24, 2.45) is 0 Å². The van der Waals surface area contributed by atoms with E-state index >= 15 is 0 Å². The van der Waals surface area contributed by atoms with Crippen LogP contribution in [-0.2, 0) is 6.42 Å². The maximum absolute atomic E-state index is 13.6. The van der Waals surface area contributed by atoms with Crippen molar-refractivity contribution in [1.82, 2.24) is 5.32 Å². The van der Waals surface area contributed by atoms with Crippen molar-refractivity contribution in [2.45, 2.75) is 6.42 Å². The van der Waals surface area contributed by atoms with Gasteiger partial charge in [0, 0.05) is 18.7 Å². The van der Waals surface area contributed by atoms with Gasteiger partial charge in [0.2, 0.25) is 0 Å². The van der Waals surface area contributed by atoms with Crippen LogP contribution in [0.4, 0.5) is 10.1 Å². The molecule has 114 valence electrons. The van der Waals surface area contributed by atoms with E-state index in [-0.39, 0.29) is 22.8 Å². The number of non-ortho nitro benzene ring substituents is 1. The summed E-state index contributed by atoms with van der Waals surface area (Å²) in [6.07, 6.45) is 0.468. The SMILES string of the molecule is O=C(NCCc1ccc([N+](=O)[O-])cc1)c1c(F)cccc1Cl. The van der Waals surface area contributed by atoms with E-state index < -0.39 is 16.6 Å². The minimum absolute atomic E-state index is 0.00549. The van der Waals surface area contributed by atoms with E-state index in [2.05, 4.69) is 5.32 Å². The molecule has 0 aliphatic heterocycles. The summed E-state index contributed by atoms with van der Waals surface area (Å²) >= 11 is 5.80. The number of hydrogen-bond donors (Lipinski definition) is 1. The largest absolute Gasteiger partial charge is 0.352 e. The molecule has 0 radical (unpaired) electrons. The molecule has 0 atom stereocenters. The van der Waals surface area contributed by atoms with Gasteiger partial charge in [-0.3, -0.25) is 14.9 Å². The minimum Gasteiger partial charge on any atom is -0.352 e. The van der Waals surface area contributed by atoms with E-state index in [4.69, 9.17) is 11.6 Å². The number of nitrogens with one attached hydrogen (secondary N) is 1. The molecule has 0 spiro atoms. The summed E-state index contributed by atoms with van der Waals surface area (Å²) < 4.78 is 13.6. The second-order valence-electron chi connectivity index (χ2n) is 4.53. The highest BCUT2D eigenvalue weighted by atomic mass is 35.5. The Kier molecular flexibility index (Phi) is 5.06. The zero-order valence-corrected chi connectivity index (χ0v) is 12.1. The summed E-state index contributed by atoms with van der Waals surface area (Å²) in [6, 6.07) is 10.0. The van der Waals surface area contributed by atoms with Crippen LogP contribution in [0.15, 0.2) is 42.5 Å². The zero-order valence-electron chi connectivity index (χ0n) is 11.4. The Morgan fingerprint density at radius 2 is 1.91 bits per heavy atom. The molecule has 0 bridgehead atoms. The first-order chi connectivity index (χ1) is 10.5. The Balaban J connectivity index is 1.93. The Morgan fingerprint density at radius 3 is 2.50 bits per heavy atom. The Labute approximate surface area is 130 Å². The van der Waals surface area contributed by atoms with Gasteiger partial charge >= 0.3 is 0 Å². The summed E-state index contributed by atoms with van der Waals surface area (Å²) in [5.41, 5.74) is 0.643. The van der Waals surface area contributed by atoms with E-state index in [0.717, 1.165) is 11.6 Å². The Morgan fingerprint density at radius 1 is 1.23 bits per heavy atom. The van der Waals surface area contributed by atoms with Crippen LogP contribution in [-0.4, -0.2) is 17.4 Å². The van der Waals surface area contributed by atoms with Gasteiger partial charge in [0.05, 0.1) is 15.5 Å². The number of carbonyl (C=O) groups is 1. The quantitative estimate of drug-likeness (QED) is 0.677. The lowest BCUT2D eigenvalue weighted by atomic mass is 10.1. The van der Waals surface area contributed by atoms with Gasteiger partial charge in [0.1, 0.15) is 5.82 Å². The van der Waals surface area contributed by atoms with E-state index in [1.54, 1.807) is 12.1 Å². The Bertz CT molecular complexity index is 684. The van der Waals surface area contributed by atoms with Gasteiger partial charge in [-0.15, -0.1) is 0 Å². The van der Waals surface area contributed by atoms with Crippen molar-refractivity contribution in [1.29, 1.82) is 0 Å². The number of benzene rings is 2. The van der Waals surface area contributed by atoms with Crippen LogP contribution < -0.4 is 5.32 Å². The lowest BCUT2D eigenvalue weighted by Crippen LogP contribution is -2.26. The van der Waals surface area contributed by atoms with Crippen molar-refractivity contribution >= 4 is 23.2 Å². The molecule has 1 N–H and O–H groups in total. The standard InChI is InChI=1S/C15H12ClFN2O3/c16-12-2-1-3-13(17)14(12)15(20)18-9-8-10-4-6-11(7-5-10)19(21)22/h1-7H,8-9H2,(H,18,20). The molecule has 0 aliphatic carbocycles. The number of nitrogens with zero attached hydrogens (tertiary/aromatic N) is 1. The first-order valence-electron chi connectivity index (χ1n) is 6.44. The second-order valence-corrected chi connectivity index (χ2v) is 4.93.